The molecule has 0 aliphatic carbocycles. The summed E-state index contributed by atoms with van der Waals surface area (Å²) in [6.07, 6.45) is 3.48. The number of hydrogen-bond acceptors (Lipinski definition) is 6. The van der Waals surface area contributed by atoms with Crippen molar-refractivity contribution in [2.75, 3.05) is 31.1 Å². The molecule has 0 aromatic heterocycles. The standard InChI is InChI=1S/C23H29ClN2O4S2/c24-19-9-11-20(12-10-19)32(29,30)23-17-31(27,28)16-21(23)25-15-22(18-7-3-1-4-8-18)26-13-5-2-6-14-26/h1,3-4,7-12,21-23,25H,2,5-6,13-17H2/t21-,22?,23-/m0/s1. The third kappa shape index (κ3) is 5.37. The Balaban J connectivity index is 1.57. The SMILES string of the molecule is O=S1(=O)C[C@H](NCC(c2ccccc2)N2CCCCC2)[C@@H](S(=O)(=O)c2ccc(Cl)cc2)C1. The molecule has 0 bridgehead atoms. The first-order chi connectivity index (χ1) is 15.3. The summed E-state index contributed by atoms with van der Waals surface area (Å²) in [5.74, 6) is -0.540. The van der Waals surface area contributed by atoms with Crippen LogP contribution in [0, 0.1) is 0 Å². The molecule has 0 spiro atoms. The first-order valence-electron chi connectivity index (χ1n) is 11.0. The average Bonchev–Trinajstić information content (AvgIpc) is 3.11. The van der Waals surface area contributed by atoms with Crippen molar-refractivity contribution in [2.45, 2.75) is 41.5 Å². The van der Waals surface area contributed by atoms with Crippen molar-refractivity contribution in [3.8, 4) is 0 Å². The number of likely N-dealkylation sites (tertiary alicyclic amines) is 1. The Labute approximate surface area is 195 Å². The third-order valence-corrected chi connectivity index (χ3v) is 10.8. The van der Waals surface area contributed by atoms with E-state index in [0.717, 1.165) is 31.5 Å². The summed E-state index contributed by atoms with van der Waals surface area (Å²) in [6.45, 7) is 2.46. The molecule has 2 aromatic rings. The molecule has 4 rings (SSSR count). The first-order valence-corrected chi connectivity index (χ1v) is 14.7. The number of nitrogens with one attached hydrogen (secondary N) is 1. The smallest absolute Gasteiger partial charge is 0.183 e. The van der Waals surface area contributed by atoms with Gasteiger partial charge in [-0.2, -0.15) is 0 Å². The van der Waals surface area contributed by atoms with Crippen LogP contribution in [0.25, 0.3) is 0 Å². The van der Waals surface area contributed by atoms with Gasteiger partial charge < -0.3 is 5.32 Å². The Hall–Kier alpha value is -1.45. The highest BCUT2D eigenvalue weighted by molar-refractivity contribution is 7.96. The van der Waals surface area contributed by atoms with Crippen molar-refractivity contribution in [1.82, 2.24) is 10.2 Å². The first kappa shape index (κ1) is 23.7. The molecule has 2 aromatic carbocycles. The Bertz CT molecular complexity index is 1120. The number of sulfone groups is 2. The fraction of sp³-hybridized carbons (Fsp3) is 0.478. The van der Waals surface area contributed by atoms with Crippen LogP contribution in [0.15, 0.2) is 59.5 Å². The molecule has 32 heavy (non-hydrogen) atoms. The summed E-state index contributed by atoms with van der Waals surface area (Å²) in [5, 5.41) is 2.76. The highest BCUT2D eigenvalue weighted by Crippen LogP contribution is 2.29. The van der Waals surface area contributed by atoms with E-state index in [0.29, 0.717) is 11.6 Å². The molecule has 2 aliphatic rings. The number of nitrogens with zero attached hydrogens (tertiary/aromatic N) is 1. The van der Waals surface area contributed by atoms with Gasteiger partial charge in [-0.15, -0.1) is 0 Å². The second-order valence-electron chi connectivity index (χ2n) is 8.65. The van der Waals surface area contributed by atoms with Crippen molar-refractivity contribution in [2.24, 2.45) is 0 Å². The minimum Gasteiger partial charge on any atom is -0.310 e. The Morgan fingerprint density at radius 3 is 2.28 bits per heavy atom. The fourth-order valence-corrected chi connectivity index (χ4v) is 9.58. The van der Waals surface area contributed by atoms with E-state index in [4.69, 9.17) is 11.6 Å². The van der Waals surface area contributed by atoms with Crippen molar-refractivity contribution in [3.05, 3.63) is 65.2 Å². The second kappa shape index (κ2) is 9.81. The number of halogens is 1. The second-order valence-corrected chi connectivity index (χ2v) is 13.4. The zero-order valence-corrected chi connectivity index (χ0v) is 20.2. The molecule has 1 N–H and O–H groups in total. The van der Waals surface area contributed by atoms with Gasteiger partial charge in [-0.1, -0.05) is 48.4 Å². The van der Waals surface area contributed by atoms with Crippen molar-refractivity contribution < 1.29 is 16.8 Å². The molecule has 1 unspecified atom stereocenters. The maximum Gasteiger partial charge on any atom is 0.183 e. The Kier molecular flexibility index (Phi) is 7.27. The van der Waals surface area contributed by atoms with Crippen LogP contribution < -0.4 is 5.32 Å². The van der Waals surface area contributed by atoms with Gasteiger partial charge in [0, 0.05) is 23.7 Å². The lowest BCUT2D eigenvalue weighted by atomic mass is 10.0. The number of hydrogen-bond donors (Lipinski definition) is 1. The van der Waals surface area contributed by atoms with Crippen molar-refractivity contribution >= 4 is 31.3 Å². The van der Waals surface area contributed by atoms with E-state index < -0.39 is 31.0 Å². The van der Waals surface area contributed by atoms with E-state index in [-0.39, 0.29) is 22.4 Å². The molecule has 0 radical (unpaired) electrons. The summed E-state index contributed by atoms with van der Waals surface area (Å²) in [7, 11) is -7.29. The Morgan fingerprint density at radius 2 is 1.62 bits per heavy atom. The van der Waals surface area contributed by atoms with Gasteiger partial charge in [0.15, 0.2) is 19.7 Å². The highest BCUT2D eigenvalue weighted by atomic mass is 35.5. The number of rotatable bonds is 7. The monoisotopic (exact) mass is 496 g/mol. The summed E-state index contributed by atoms with van der Waals surface area (Å²) < 4.78 is 51.5. The normalized spacial score (nSPS) is 24.9. The molecule has 174 valence electrons. The van der Waals surface area contributed by atoms with E-state index in [2.05, 4.69) is 22.3 Å². The van der Waals surface area contributed by atoms with Gasteiger partial charge in [-0.25, -0.2) is 16.8 Å². The van der Waals surface area contributed by atoms with Crippen molar-refractivity contribution in [3.63, 3.8) is 0 Å². The van der Waals surface area contributed by atoms with Crippen LogP contribution in [-0.2, 0) is 19.7 Å². The molecular formula is C23H29ClN2O4S2. The minimum absolute atomic E-state index is 0.0682. The van der Waals surface area contributed by atoms with Gasteiger partial charge in [0.05, 0.1) is 21.7 Å². The van der Waals surface area contributed by atoms with E-state index >= 15 is 0 Å². The molecule has 0 saturated carbocycles. The van der Waals surface area contributed by atoms with Crippen LogP contribution in [0.3, 0.4) is 0 Å². The van der Waals surface area contributed by atoms with Gasteiger partial charge in [0.25, 0.3) is 0 Å². The topological polar surface area (TPSA) is 83.6 Å². The molecule has 6 nitrogen and oxygen atoms in total. The van der Waals surface area contributed by atoms with Gasteiger partial charge in [-0.05, 0) is 55.8 Å². The highest BCUT2D eigenvalue weighted by Gasteiger charge is 2.46. The van der Waals surface area contributed by atoms with E-state index in [1.54, 1.807) is 0 Å². The summed E-state index contributed by atoms with van der Waals surface area (Å²) in [5.41, 5.74) is 1.15. The number of piperidine rings is 1. The van der Waals surface area contributed by atoms with Crippen LogP contribution in [0.4, 0.5) is 0 Å². The third-order valence-electron chi connectivity index (χ3n) is 6.43. The minimum atomic E-state index is -3.83. The molecule has 2 aliphatic heterocycles. The molecule has 2 saturated heterocycles. The maximum atomic E-state index is 13.3. The van der Waals surface area contributed by atoms with Gasteiger partial charge in [0.2, 0.25) is 0 Å². The van der Waals surface area contributed by atoms with E-state index in [1.165, 1.54) is 30.7 Å². The lowest BCUT2D eigenvalue weighted by molar-refractivity contribution is 0.158. The fourth-order valence-electron chi connectivity index (χ4n) is 4.74. The van der Waals surface area contributed by atoms with Gasteiger partial charge in [0.1, 0.15) is 0 Å². The summed E-state index contributed by atoms with van der Waals surface area (Å²) in [4.78, 5) is 2.52. The molecule has 9 heteroatoms. The molecule has 2 heterocycles. The zero-order chi connectivity index (χ0) is 22.8. The lowest BCUT2D eigenvalue weighted by Gasteiger charge is -2.36. The maximum absolute atomic E-state index is 13.3. The van der Waals surface area contributed by atoms with Gasteiger partial charge >= 0.3 is 0 Å². The van der Waals surface area contributed by atoms with Crippen molar-refractivity contribution in [1.29, 1.82) is 0 Å². The zero-order valence-electron chi connectivity index (χ0n) is 17.9. The number of benzene rings is 2. The average molecular weight is 497 g/mol. The van der Waals surface area contributed by atoms with E-state index in [1.807, 2.05) is 18.2 Å². The van der Waals surface area contributed by atoms with Crippen LogP contribution in [-0.4, -0.2) is 64.2 Å². The van der Waals surface area contributed by atoms with Crippen LogP contribution in [0.1, 0.15) is 30.9 Å². The molecule has 0 amide bonds. The quantitative estimate of drug-likeness (QED) is 0.634. The predicted octanol–water partition coefficient (Wildman–Crippen LogP) is 3.10. The lowest BCUT2D eigenvalue weighted by Crippen LogP contribution is -2.47. The van der Waals surface area contributed by atoms with Crippen LogP contribution in [0.2, 0.25) is 5.02 Å². The molecule has 3 atom stereocenters. The van der Waals surface area contributed by atoms with Gasteiger partial charge in [-0.3, -0.25) is 4.90 Å². The summed E-state index contributed by atoms with van der Waals surface area (Å²) >= 11 is 5.90. The molecule has 2 fully saturated rings. The van der Waals surface area contributed by atoms with Crippen LogP contribution >= 0.6 is 11.6 Å². The largest absolute Gasteiger partial charge is 0.310 e. The Morgan fingerprint density at radius 1 is 0.969 bits per heavy atom. The molecular weight excluding hydrogens is 468 g/mol. The predicted molar refractivity (Wildman–Crippen MR) is 127 cm³/mol. The summed E-state index contributed by atoms with van der Waals surface area (Å²) in [6, 6.07) is 15.5. The van der Waals surface area contributed by atoms with E-state index in [9.17, 15) is 16.8 Å². The van der Waals surface area contributed by atoms with Crippen LogP contribution in [0.5, 0.6) is 0 Å².